The van der Waals surface area contributed by atoms with Crippen molar-refractivity contribution in [3.05, 3.63) is 107 Å². The van der Waals surface area contributed by atoms with Gasteiger partial charge in [0.25, 0.3) is 0 Å². The third kappa shape index (κ3) is 5.48. The summed E-state index contributed by atoms with van der Waals surface area (Å²) in [7, 11) is 0. The van der Waals surface area contributed by atoms with Crippen LogP contribution in [0.15, 0.2) is 77.3 Å². The second-order valence-corrected chi connectivity index (χ2v) is 9.83. The molecule has 198 valence electrons. The van der Waals surface area contributed by atoms with Crippen LogP contribution >= 0.6 is 0 Å². The van der Waals surface area contributed by atoms with Crippen LogP contribution in [0.25, 0.3) is 22.0 Å². The van der Waals surface area contributed by atoms with Gasteiger partial charge in [-0.15, -0.1) is 0 Å². The topological polar surface area (TPSA) is 94.7 Å². The third-order valence-corrected chi connectivity index (χ3v) is 6.66. The van der Waals surface area contributed by atoms with E-state index in [1.165, 1.54) is 0 Å². The largest absolute Gasteiger partial charge is 0.489 e. The summed E-state index contributed by atoms with van der Waals surface area (Å²) in [6, 6.07) is 22.7. The van der Waals surface area contributed by atoms with Crippen LogP contribution in [0.1, 0.15) is 58.4 Å². The fourth-order valence-corrected chi connectivity index (χ4v) is 4.63. The number of rotatable bonds is 9. The predicted molar refractivity (Wildman–Crippen MR) is 149 cm³/mol. The van der Waals surface area contributed by atoms with Gasteiger partial charge in [0, 0.05) is 16.9 Å². The maximum atomic E-state index is 11.9. The highest BCUT2D eigenvalue weighted by molar-refractivity contribution is 5.98. The highest BCUT2D eigenvalue weighted by Gasteiger charge is 2.21. The zero-order valence-corrected chi connectivity index (χ0v) is 22.4. The Hall–Kier alpha value is -4.65. The van der Waals surface area contributed by atoms with Crippen molar-refractivity contribution in [2.45, 2.75) is 46.8 Å². The Labute approximate surface area is 227 Å². The van der Waals surface area contributed by atoms with Gasteiger partial charge in [-0.3, -0.25) is 0 Å². The lowest BCUT2D eigenvalue weighted by atomic mass is 10.0. The summed E-state index contributed by atoms with van der Waals surface area (Å²) in [5.74, 6) is 1.31. The van der Waals surface area contributed by atoms with Crippen LogP contribution < -0.4 is 9.47 Å². The smallest absolute Gasteiger partial charge is 0.355 e. The van der Waals surface area contributed by atoms with E-state index in [-0.39, 0.29) is 24.8 Å². The molecule has 0 radical (unpaired) electrons. The Balaban J connectivity index is 1.36. The molecule has 0 aliphatic heterocycles. The summed E-state index contributed by atoms with van der Waals surface area (Å²) in [5, 5.41) is 14.9. The van der Waals surface area contributed by atoms with Crippen LogP contribution in [-0.2, 0) is 13.2 Å². The summed E-state index contributed by atoms with van der Waals surface area (Å²) < 4.78 is 17.9. The number of nitrogens with zero attached hydrogens (tertiary/aromatic N) is 2. The summed E-state index contributed by atoms with van der Waals surface area (Å²) >= 11 is 0. The molecular weight excluding hydrogens is 492 g/mol. The maximum absolute atomic E-state index is 11.9. The van der Waals surface area contributed by atoms with Crippen molar-refractivity contribution < 1.29 is 23.9 Å². The molecular formula is C32H30N2O5. The molecule has 5 aromatic rings. The van der Waals surface area contributed by atoms with Gasteiger partial charge in [-0.1, -0.05) is 67.5 Å². The number of carbonyl (C=O) groups is 1. The molecule has 0 amide bonds. The van der Waals surface area contributed by atoms with Gasteiger partial charge in [-0.2, -0.15) is 0 Å². The number of hydrogen-bond acceptors (Lipinski definition) is 6. The van der Waals surface area contributed by atoms with Crippen molar-refractivity contribution in [1.29, 1.82) is 0 Å². The summed E-state index contributed by atoms with van der Waals surface area (Å²) in [4.78, 5) is 16.3. The lowest BCUT2D eigenvalue weighted by Gasteiger charge is -2.13. The van der Waals surface area contributed by atoms with E-state index in [9.17, 15) is 9.90 Å². The molecule has 0 spiro atoms. The van der Waals surface area contributed by atoms with Crippen molar-refractivity contribution in [3.8, 4) is 22.6 Å². The van der Waals surface area contributed by atoms with Crippen LogP contribution in [0.2, 0.25) is 0 Å². The molecule has 3 aromatic carbocycles. The zero-order chi connectivity index (χ0) is 27.5. The average molecular weight is 523 g/mol. The molecule has 39 heavy (non-hydrogen) atoms. The fourth-order valence-electron chi connectivity index (χ4n) is 4.63. The average Bonchev–Trinajstić information content (AvgIpc) is 3.34. The molecule has 0 unspecified atom stereocenters. The number of carboxylic acid groups (broad SMARTS) is 1. The first kappa shape index (κ1) is 26.0. The number of carboxylic acids is 1. The SMILES string of the molecule is Cc1cccc(C)c1OCc1noc(C(C)C)c1COc1ccc(-c2cc3ccccc3nc2C(=O)O)cc1. The van der Waals surface area contributed by atoms with Crippen LogP contribution in [0, 0.1) is 13.8 Å². The Kier molecular flexibility index (Phi) is 7.32. The minimum Gasteiger partial charge on any atom is -0.489 e. The van der Waals surface area contributed by atoms with Crippen molar-refractivity contribution in [2.75, 3.05) is 0 Å². The lowest BCUT2D eigenvalue weighted by Crippen LogP contribution is -2.06. The summed E-state index contributed by atoms with van der Waals surface area (Å²) in [5.41, 5.74) is 5.65. The van der Waals surface area contributed by atoms with Crippen molar-refractivity contribution >= 4 is 16.9 Å². The Bertz CT molecular complexity index is 1620. The molecule has 5 rings (SSSR count). The number of ether oxygens (including phenoxy) is 2. The monoisotopic (exact) mass is 522 g/mol. The number of aromatic nitrogens is 2. The standard InChI is InChI=1S/C32H30N2O5/c1-19(2)30-26(28(34-39-30)18-38-31-20(3)8-7-9-21(31)4)17-37-24-14-12-22(13-15-24)25-16-23-10-5-6-11-27(23)33-29(25)32(35)36/h5-16,19H,17-18H2,1-4H3,(H,35,36). The van der Waals surface area contributed by atoms with Crippen LogP contribution in [0.5, 0.6) is 11.5 Å². The highest BCUT2D eigenvalue weighted by Crippen LogP contribution is 2.30. The lowest BCUT2D eigenvalue weighted by molar-refractivity contribution is 0.0692. The number of hydrogen-bond donors (Lipinski definition) is 1. The van der Waals surface area contributed by atoms with Crippen LogP contribution in [0.3, 0.4) is 0 Å². The summed E-state index contributed by atoms with van der Waals surface area (Å²) in [6.07, 6.45) is 0. The fraction of sp³-hybridized carbons (Fsp3) is 0.219. The first-order valence-corrected chi connectivity index (χ1v) is 12.8. The molecule has 0 aliphatic rings. The molecule has 0 atom stereocenters. The van der Waals surface area contributed by atoms with Crippen molar-refractivity contribution in [3.63, 3.8) is 0 Å². The van der Waals surface area contributed by atoms with Gasteiger partial charge in [0.1, 0.15) is 36.2 Å². The Morgan fingerprint density at radius 1 is 0.923 bits per heavy atom. The van der Waals surface area contributed by atoms with E-state index in [1.807, 2.05) is 94.4 Å². The molecule has 1 N–H and O–H groups in total. The normalized spacial score (nSPS) is 11.2. The second-order valence-electron chi connectivity index (χ2n) is 9.83. The van der Waals surface area contributed by atoms with E-state index in [0.29, 0.717) is 22.5 Å². The molecule has 0 saturated carbocycles. The minimum atomic E-state index is -1.07. The highest BCUT2D eigenvalue weighted by atomic mass is 16.5. The van der Waals surface area contributed by atoms with Gasteiger partial charge in [-0.25, -0.2) is 9.78 Å². The van der Waals surface area contributed by atoms with Crippen molar-refractivity contribution in [2.24, 2.45) is 0 Å². The van der Waals surface area contributed by atoms with Crippen molar-refractivity contribution in [1.82, 2.24) is 10.1 Å². The van der Waals surface area contributed by atoms with E-state index >= 15 is 0 Å². The van der Waals surface area contributed by atoms with Gasteiger partial charge in [-0.05, 0) is 54.8 Å². The molecule has 2 heterocycles. The van der Waals surface area contributed by atoms with Crippen LogP contribution in [0.4, 0.5) is 0 Å². The van der Waals surface area contributed by atoms with E-state index in [2.05, 4.69) is 10.1 Å². The van der Waals surface area contributed by atoms with E-state index < -0.39 is 5.97 Å². The number of aromatic carboxylic acids is 1. The summed E-state index contributed by atoms with van der Waals surface area (Å²) in [6.45, 7) is 8.67. The van der Waals surface area contributed by atoms with E-state index in [1.54, 1.807) is 6.07 Å². The number of fused-ring (bicyclic) bond motifs is 1. The number of benzene rings is 3. The maximum Gasteiger partial charge on any atom is 0.355 e. The van der Waals surface area contributed by atoms with Gasteiger partial charge in [0.2, 0.25) is 0 Å². The number of para-hydroxylation sites is 2. The van der Waals surface area contributed by atoms with E-state index in [0.717, 1.165) is 39.1 Å². The Morgan fingerprint density at radius 3 is 2.33 bits per heavy atom. The van der Waals surface area contributed by atoms with Gasteiger partial charge < -0.3 is 19.1 Å². The minimum absolute atomic E-state index is 0.0157. The van der Waals surface area contributed by atoms with Crippen LogP contribution in [-0.4, -0.2) is 21.2 Å². The second kappa shape index (κ2) is 11.0. The molecule has 0 bridgehead atoms. The number of pyridine rings is 1. The molecule has 7 heteroatoms. The molecule has 7 nitrogen and oxygen atoms in total. The zero-order valence-electron chi connectivity index (χ0n) is 22.4. The number of aryl methyl sites for hydroxylation is 2. The molecule has 0 fully saturated rings. The van der Waals surface area contributed by atoms with Gasteiger partial charge in [0.05, 0.1) is 11.1 Å². The Morgan fingerprint density at radius 2 is 1.64 bits per heavy atom. The van der Waals surface area contributed by atoms with Gasteiger partial charge in [0.15, 0.2) is 5.69 Å². The first-order valence-electron chi connectivity index (χ1n) is 12.8. The van der Waals surface area contributed by atoms with E-state index in [4.69, 9.17) is 14.0 Å². The van der Waals surface area contributed by atoms with Gasteiger partial charge >= 0.3 is 5.97 Å². The molecule has 0 aliphatic carbocycles. The third-order valence-electron chi connectivity index (χ3n) is 6.66. The first-order chi connectivity index (χ1) is 18.8. The molecule has 0 saturated heterocycles. The quantitative estimate of drug-likeness (QED) is 0.214. The molecule has 2 aromatic heterocycles. The predicted octanol–water partition coefficient (Wildman–Crippen LogP) is 7.49.